The summed E-state index contributed by atoms with van der Waals surface area (Å²) in [6.45, 7) is 4.05. The Labute approximate surface area is 158 Å². The van der Waals surface area contributed by atoms with Gasteiger partial charge in [-0.3, -0.25) is 4.90 Å². The molecular weight excluding hydrogens is 354 g/mol. The smallest absolute Gasteiger partial charge is 0.411 e. The van der Waals surface area contributed by atoms with E-state index in [4.69, 9.17) is 16.3 Å². The highest BCUT2D eigenvalue weighted by atomic mass is 35.5. The molecule has 6 heteroatoms. The number of nitrogens with zero attached hydrogens (tertiary/aromatic N) is 1. The average Bonchev–Trinajstić information content (AvgIpc) is 2.63. The predicted molar refractivity (Wildman–Crippen MR) is 100 cm³/mol. The van der Waals surface area contributed by atoms with Gasteiger partial charge in [-0.2, -0.15) is 0 Å². The number of halogens is 1. The van der Waals surface area contributed by atoms with Crippen molar-refractivity contribution in [3.8, 4) is 0 Å². The number of hydrogen-bond acceptors (Lipinski definition) is 3. The summed E-state index contributed by atoms with van der Waals surface area (Å²) in [6.07, 6.45) is -0.0658. The fourth-order valence-electron chi connectivity index (χ4n) is 2.60. The molecule has 2 aromatic carbocycles. The molecule has 0 fully saturated rings. The Morgan fingerprint density at radius 1 is 1.19 bits per heavy atom. The number of aryl methyl sites for hydroxylation is 1. The molecule has 0 aliphatic heterocycles. The van der Waals surface area contributed by atoms with Crippen molar-refractivity contribution in [3.05, 3.63) is 70.2 Å². The molecular formula is C20H22ClNO4. The van der Waals surface area contributed by atoms with E-state index in [0.717, 1.165) is 11.1 Å². The van der Waals surface area contributed by atoms with Crippen LogP contribution in [0.3, 0.4) is 0 Å². The summed E-state index contributed by atoms with van der Waals surface area (Å²) in [5, 5.41) is 10.2. The first-order valence-electron chi connectivity index (χ1n) is 8.40. The summed E-state index contributed by atoms with van der Waals surface area (Å²) >= 11 is 6.14. The normalized spacial score (nSPS) is 11.7. The van der Waals surface area contributed by atoms with Gasteiger partial charge in [0, 0.05) is 11.6 Å². The third-order valence-corrected chi connectivity index (χ3v) is 4.37. The van der Waals surface area contributed by atoms with Crippen LogP contribution in [0.4, 0.5) is 4.79 Å². The van der Waals surface area contributed by atoms with Gasteiger partial charge in [-0.15, -0.1) is 0 Å². The topological polar surface area (TPSA) is 66.8 Å². The first kappa shape index (κ1) is 19.8. The van der Waals surface area contributed by atoms with E-state index in [1.54, 1.807) is 18.2 Å². The standard InChI is InChI=1S/C20H22ClNO4/c1-3-11-22(20(25)26-13-15-7-5-4-6-8-15)18(19(23)24)16-10-9-14(2)17(21)12-16/h4-10,12,18H,3,11,13H2,1-2H3,(H,23,24). The molecule has 0 aromatic heterocycles. The van der Waals surface area contributed by atoms with Gasteiger partial charge in [0.25, 0.3) is 0 Å². The molecule has 0 heterocycles. The van der Waals surface area contributed by atoms with E-state index in [0.29, 0.717) is 17.0 Å². The largest absolute Gasteiger partial charge is 0.479 e. The van der Waals surface area contributed by atoms with Crippen LogP contribution in [0, 0.1) is 6.92 Å². The molecule has 1 N–H and O–H groups in total. The molecule has 0 radical (unpaired) electrons. The molecule has 138 valence electrons. The van der Waals surface area contributed by atoms with Crippen LogP contribution >= 0.6 is 11.6 Å². The summed E-state index contributed by atoms with van der Waals surface area (Å²) < 4.78 is 5.34. The van der Waals surface area contributed by atoms with E-state index in [2.05, 4.69) is 0 Å². The summed E-state index contributed by atoms with van der Waals surface area (Å²) in [4.78, 5) is 25.7. The van der Waals surface area contributed by atoms with E-state index < -0.39 is 18.1 Å². The van der Waals surface area contributed by atoms with Crippen LogP contribution in [0.2, 0.25) is 5.02 Å². The van der Waals surface area contributed by atoms with Gasteiger partial charge >= 0.3 is 12.1 Å². The van der Waals surface area contributed by atoms with Crippen LogP contribution in [0.5, 0.6) is 0 Å². The number of carbonyl (C=O) groups is 2. The van der Waals surface area contributed by atoms with Crippen molar-refractivity contribution in [3.63, 3.8) is 0 Å². The second-order valence-electron chi connectivity index (χ2n) is 5.98. The Hall–Kier alpha value is -2.53. The van der Waals surface area contributed by atoms with Crippen molar-refractivity contribution in [2.45, 2.75) is 32.9 Å². The maximum Gasteiger partial charge on any atom is 0.411 e. The number of rotatable bonds is 7. The van der Waals surface area contributed by atoms with Gasteiger partial charge in [0.15, 0.2) is 6.04 Å². The van der Waals surface area contributed by atoms with Gasteiger partial charge < -0.3 is 9.84 Å². The van der Waals surface area contributed by atoms with Crippen molar-refractivity contribution in [2.75, 3.05) is 6.54 Å². The van der Waals surface area contributed by atoms with Crippen molar-refractivity contribution in [2.24, 2.45) is 0 Å². The predicted octanol–water partition coefficient (Wildman–Crippen LogP) is 4.82. The maximum atomic E-state index is 12.6. The van der Waals surface area contributed by atoms with Crippen LogP contribution in [0.25, 0.3) is 0 Å². The third kappa shape index (κ3) is 4.99. The molecule has 26 heavy (non-hydrogen) atoms. The fraction of sp³-hybridized carbons (Fsp3) is 0.300. The van der Waals surface area contributed by atoms with Gasteiger partial charge in [-0.1, -0.05) is 61.0 Å². The first-order chi connectivity index (χ1) is 12.4. The molecule has 5 nitrogen and oxygen atoms in total. The Balaban J connectivity index is 2.23. The zero-order valence-corrected chi connectivity index (χ0v) is 15.6. The van der Waals surface area contributed by atoms with Crippen molar-refractivity contribution in [1.82, 2.24) is 4.90 Å². The summed E-state index contributed by atoms with van der Waals surface area (Å²) in [7, 11) is 0. The van der Waals surface area contributed by atoms with Gasteiger partial charge in [0.1, 0.15) is 6.61 Å². The Morgan fingerprint density at radius 3 is 2.46 bits per heavy atom. The Kier molecular flexibility index (Phi) is 7.04. The van der Waals surface area contributed by atoms with Gasteiger partial charge in [0.2, 0.25) is 0 Å². The number of hydrogen-bond donors (Lipinski definition) is 1. The minimum atomic E-state index is -1.16. The monoisotopic (exact) mass is 375 g/mol. The summed E-state index contributed by atoms with van der Waals surface area (Å²) in [5.41, 5.74) is 2.12. The van der Waals surface area contributed by atoms with Gasteiger partial charge in [0.05, 0.1) is 0 Å². The summed E-state index contributed by atoms with van der Waals surface area (Å²) in [5.74, 6) is -1.13. The second kappa shape index (κ2) is 9.25. The van der Waals surface area contributed by atoms with Crippen LogP contribution in [0.1, 0.15) is 36.1 Å². The molecule has 0 spiro atoms. The molecule has 0 aliphatic carbocycles. The van der Waals surface area contributed by atoms with E-state index >= 15 is 0 Å². The van der Waals surface area contributed by atoms with Crippen LogP contribution in [-0.4, -0.2) is 28.6 Å². The minimum absolute atomic E-state index is 0.0842. The zero-order chi connectivity index (χ0) is 19.1. The van der Waals surface area contributed by atoms with Crippen LogP contribution < -0.4 is 0 Å². The van der Waals surface area contributed by atoms with Crippen LogP contribution in [-0.2, 0) is 16.1 Å². The second-order valence-corrected chi connectivity index (χ2v) is 6.39. The number of carboxylic acid groups (broad SMARTS) is 1. The number of carbonyl (C=O) groups excluding carboxylic acids is 1. The molecule has 1 amide bonds. The first-order valence-corrected chi connectivity index (χ1v) is 8.78. The number of carboxylic acids is 1. The lowest BCUT2D eigenvalue weighted by atomic mass is 10.0. The van der Waals surface area contributed by atoms with E-state index in [1.165, 1.54) is 4.90 Å². The minimum Gasteiger partial charge on any atom is -0.479 e. The molecule has 2 aromatic rings. The number of ether oxygens (including phenoxy) is 1. The van der Waals surface area contributed by atoms with Gasteiger partial charge in [-0.25, -0.2) is 9.59 Å². The number of amides is 1. The van der Waals surface area contributed by atoms with E-state index in [9.17, 15) is 14.7 Å². The highest BCUT2D eigenvalue weighted by Crippen LogP contribution is 2.27. The summed E-state index contributed by atoms with van der Waals surface area (Å²) in [6, 6.07) is 13.1. The van der Waals surface area contributed by atoms with Crippen LogP contribution in [0.15, 0.2) is 48.5 Å². The SMILES string of the molecule is CCCN(C(=O)OCc1ccccc1)C(C(=O)O)c1ccc(C)c(Cl)c1. The highest BCUT2D eigenvalue weighted by molar-refractivity contribution is 6.31. The zero-order valence-electron chi connectivity index (χ0n) is 14.8. The lowest BCUT2D eigenvalue weighted by Crippen LogP contribution is -2.39. The van der Waals surface area contributed by atoms with E-state index in [-0.39, 0.29) is 13.2 Å². The highest BCUT2D eigenvalue weighted by Gasteiger charge is 2.32. The molecule has 0 saturated carbocycles. The van der Waals surface area contributed by atoms with Gasteiger partial charge in [-0.05, 0) is 36.1 Å². The lowest BCUT2D eigenvalue weighted by molar-refractivity contribution is -0.143. The molecule has 1 atom stereocenters. The molecule has 0 bridgehead atoms. The quantitative estimate of drug-likeness (QED) is 0.753. The Morgan fingerprint density at radius 2 is 1.88 bits per heavy atom. The molecule has 0 saturated heterocycles. The van der Waals surface area contributed by atoms with Crippen molar-refractivity contribution in [1.29, 1.82) is 0 Å². The molecule has 0 aliphatic rings. The lowest BCUT2D eigenvalue weighted by Gasteiger charge is -2.28. The number of aliphatic carboxylic acids is 1. The average molecular weight is 376 g/mol. The van der Waals surface area contributed by atoms with Crippen molar-refractivity contribution >= 4 is 23.7 Å². The fourth-order valence-corrected chi connectivity index (χ4v) is 2.79. The van der Waals surface area contributed by atoms with E-state index in [1.807, 2.05) is 44.2 Å². The Bertz CT molecular complexity index is 764. The number of benzene rings is 2. The van der Waals surface area contributed by atoms with Crippen molar-refractivity contribution < 1.29 is 19.4 Å². The maximum absolute atomic E-state index is 12.6. The molecule has 2 rings (SSSR count). The molecule has 1 unspecified atom stereocenters. The third-order valence-electron chi connectivity index (χ3n) is 3.96.